The summed E-state index contributed by atoms with van der Waals surface area (Å²) in [6, 6.07) is 55.0. The average molecular weight is 611 g/mol. The van der Waals surface area contributed by atoms with E-state index in [4.69, 9.17) is 0 Å². The maximum absolute atomic E-state index is 14.8. The molecular formula is C44H35OP. The molecule has 0 radical (unpaired) electrons. The lowest BCUT2D eigenvalue weighted by Gasteiger charge is -2.36. The Balaban J connectivity index is 1.18. The standard InChI is InChI=1S/C44H35OP/c1-30-29-39(37-18-12-20-41-43(37)42(30)38-17-10-11-19-40(38)44(41,2)3)33-23-21-31(22-24-33)32-25-27-36(28-26-32)46(45,34-13-6-4-7-14-34)35-15-8-5-9-16-35/h4-29H,1-3H3. The molecule has 1 nitrogen and oxygen atoms in total. The highest BCUT2D eigenvalue weighted by atomic mass is 31.2. The lowest BCUT2D eigenvalue weighted by molar-refractivity contribution is 0.592. The van der Waals surface area contributed by atoms with Gasteiger partial charge in [0, 0.05) is 21.3 Å². The highest BCUT2D eigenvalue weighted by Gasteiger charge is 2.34. The molecule has 0 unspecified atom stereocenters. The van der Waals surface area contributed by atoms with E-state index in [2.05, 4.69) is 106 Å². The van der Waals surface area contributed by atoms with Gasteiger partial charge in [0.2, 0.25) is 0 Å². The zero-order valence-electron chi connectivity index (χ0n) is 26.4. The van der Waals surface area contributed by atoms with E-state index in [-0.39, 0.29) is 5.41 Å². The van der Waals surface area contributed by atoms with Crippen molar-refractivity contribution in [3.63, 3.8) is 0 Å². The molecule has 0 fully saturated rings. The Hall–Kier alpha value is -4.97. The summed E-state index contributed by atoms with van der Waals surface area (Å²) in [5, 5.41) is 5.22. The van der Waals surface area contributed by atoms with E-state index >= 15 is 0 Å². The minimum absolute atomic E-state index is 0.0742. The van der Waals surface area contributed by atoms with Crippen LogP contribution in [0.4, 0.5) is 0 Å². The maximum atomic E-state index is 14.8. The fourth-order valence-corrected chi connectivity index (χ4v) is 10.2. The van der Waals surface area contributed by atoms with Gasteiger partial charge in [0.05, 0.1) is 0 Å². The van der Waals surface area contributed by atoms with Crippen molar-refractivity contribution in [1.29, 1.82) is 0 Å². The van der Waals surface area contributed by atoms with Crippen LogP contribution in [0.25, 0.3) is 44.2 Å². The monoisotopic (exact) mass is 610 g/mol. The number of aryl methyl sites for hydroxylation is 1. The Morgan fingerprint density at radius 3 is 1.61 bits per heavy atom. The molecule has 0 amide bonds. The number of hydrogen-bond acceptors (Lipinski definition) is 1. The van der Waals surface area contributed by atoms with Gasteiger partial charge in [-0.15, -0.1) is 0 Å². The van der Waals surface area contributed by atoms with Gasteiger partial charge in [-0.05, 0) is 67.8 Å². The third-order valence-electron chi connectivity index (χ3n) is 9.90. The molecular weight excluding hydrogens is 575 g/mol. The molecule has 0 bridgehead atoms. The van der Waals surface area contributed by atoms with Gasteiger partial charge >= 0.3 is 0 Å². The van der Waals surface area contributed by atoms with E-state index in [1.54, 1.807) is 0 Å². The van der Waals surface area contributed by atoms with E-state index in [0.29, 0.717) is 0 Å². The third-order valence-corrected chi connectivity index (χ3v) is 13.0. The Morgan fingerprint density at radius 1 is 0.478 bits per heavy atom. The first kappa shape index (κ1) is 28.5. The molecule has 2 heteroatoms. The lowest BCUT2D eigenvalue weighted by atomic mass is 9.67. The van der Waals surface area contributed by atoms with Gasteiger partial charge < -0.3 is 4.57 Å². The van der Waals surface area contributed by atoms with Crippen LogP contribution in [0.15, 0.2) is 158 Å². The summed E-state index contributed by atoms with van der Waals surface area (Å²) in [6.45, 7) is 6.96. The normalized spacial score (nSPS) is 13.4. The van der Waals surface area contributed by atoms with Crippen molar-refractivity contribution in [2.24, 2.45) is 0 Å². The Bertz CT molecular complexity index is 2240. The maximum Gasteiger partial charge on any atom is 0.171 e. The van der Waals surface area contributed by atoms with Crippen molar-refractivity contribution < 1.29 is 4.57 Å². The van der Waals surface area contributed by atoms with Crippen molar-refractivity contribution >= 4 is 33.8 Å². The van der Waals surface area contributed by atoms with E-state index in [9.17, 15) is 4.57 Å². The fraction of sp³-hybridized carbons (Fsp3) is 0.0909. The molecule has 7 aromatic carbocycles. The second-order valence-electron chi connectivity index (χ2n) is 12.9. The first-order chi connectivity index (χ1) is 22.4. The lowest BCUT2D eigenvalue weighted by Crippen LogP contribution is -2.24. The second-order valence-corrected chi connectivity index (χ2v) is 15.7. The summed E-state index contributed by atoms with van der Waals surface area (Å²) in [7, 11) is -3.00. The van der Waals surface area contributed by atoms with Crippen LogP contribution in [-0.2, 0) is 9.98 Å². The van der Waals surface area contributed by atoms with Crippen LogP contribution >= 0.6 is 7.14 Å². The van der Waals surface area contributed by atoms with Crippen molar-refractivity contribution in [1.82, 2.24) is 0 Å². The molecule has 0 N–H and O–H groups in total. The van der Waals surface area contributed by atoms with Gasteiger partial charge in [0.15, 0.2) is 7.14 Å². The van der Waals surface area contributed by atoms with Crippen LogP contribution in [0.1, 0.15) is 30.5 Å². The van der Waals surface area contributed by atoms with Gasteiger partial charge in [-0.3, -0.25) is 0 Å². The van der Waals surface area contributed by atoms with Crippen LogP contribution in [0.3, 0.4) is 0 Å². The molecule has 7 aromatic rings. The molecule has 0 spiro atoms. The fourth-order valence-electron chi connectivity index (χ4n) is 7.54. The van der Waals surface area contributed by atoms with E-state index < -0.39 is 7.14 Å². The quantitative estimate of drug-likeness (QED) is 0.177. The van der Waals surface area contributed by atoms with Crippen molar-refractivity contribution in [2.45, 2.75) is 26.2 Å². The first-order valence-electron chi connectivity index (χ1n) is 16.0. The molecule has 0 heterocycles. The van der Waals surface area contributed by atoms with Gasteiger partial charge in [0.25, 0.3) is 0 Å². The van der Waals surface area contributed by atoms with E-state index in [0.717, 1.165) is 27.0 Å². The predicted octanol–water partition coefficient (Wildman–Crippen LogP) is 10.4. The van der Waals surface area contributed by atoms with Crippen molar-refractivity contribution in [3.05, 3.63) is 174 Å². The Labute approximate surface area is 271 Å². The molecule has 0 aromatic heterocycles. The van der Waals surface area contributed by atoms with Crippen LogP contribution < -0.4 is 15.9 Å². The Morgan fingerprint density at radius 2 is 0.978 bits per heavy atom. The molecule has 8 rings (SSSR count). The predicted molar refractivity (Wildman–Crippen MR) is 197 cm³/mol. The molecule has 0 atom stereocenters. The first-order valence-corrected chi connectivity index (χ1v) is 17.7. The summed E-state index contributed by atoms with van der Waals surface area (Å²) in [5.41, 5.74) is 11.5. The van der Waals surface area contributed by atoms with Crippen LogP contribution in [0.2, 0.25) is 0 Å². The van der Waals surface area contributed by atoms with Crippen LogP contribution in [-0.4, -0.2) is 0 Å². The third kappa shape index (κ3) is 4.34. The van der Waals surface area contributed by atoms with Crippen molar-refractivity contribution in [2.75, 3.05) is 0 Å². The molecule has 222 valence electrons. The summed E-state index contributed by atoms with van der Waals surface area (Å²) in [5.74, 6) is 0. The molecule has 1 aliphatic carbocycles. The minimum Gasteiger partial charge on any atom is -0.309 e. The number of hydrogen-bond donors (Lipinski definition) is 0. The zero-order chi connectivity index (χ0) is 31.5. The number of rotatable bonds is 5. The van der Waals surface area contributed by atoms with Crippen molar-refractivity contribution in [3.8, 4) is 33.4 Å². The van der Waals surface area contributed by atoms with Crippen LogP contribution in [0, 0.1) is 6.92 Å². The minimum atomic E-state index is -3.00. The molecule has 46 heavy (non-hydrogen) atoms. The summed E-state index contributed by atoms with van der Waals surface area (Å²) in [6.07, 6.45) is 0. The molecule has 0 saturated carbocycles. The van der Waals surface area contributed by atoms with E-state index in [1.807, 2.05) is 72.8 Å². The van der Waals surface area contributed by atoms with Gasteiger partial charge in [-0.2, -0.15) is 0 Å². The van der Waals surface area contributed by atoms with Gasteiger partial charge in [-0.1, -0.05) is 172 Å². The second kappa shape index (κ2) is 10.8. The average Bonchev–Trinajstić information content (AvgIpc) is 3.11. The highest BCUT2D eigenvalue weighted by molar-refractivity contribution is 7.85. The largest absolute Gasteiger partial charge is 0.309 e. The van der Waals surface area contributed by atoms with Gasteiger partial charge in [0.1, 0.15) is 0 Å². The zero-order valence-corrected chi connectivity index (χ0v) is 27.3. The topological polar surface area (TPSA) is 17.1 Å². The van der Waals surface area contributed by atoms with Gasteiger partial charge in [-0.25, -0.2) is 0 Å². The van der Waals surface area contributed by atoms with Crippen LogP contribution in [0.5, 0.6) is 0 Å². The highest BCUT2D eigenvalue weighted by Crippen LogP contribution is 2.51. The number of fused-ring (bicyclic) bond motifs is 2. The summed E-state index contributed by atoms with van der Waals surface area (Å²) >= 11 is 0. The molecule has 1 aliphatic rings. The SMILES string of the molecule is Cc1cc(-c2ccc(-c3ccc(P(=O)(c4ccccc4)c4ccccc4)cc3)cc2)c2cccc3c2c1-c1ccccc1C3(C)C. The molecule has 0 saturated heterocycles. The smallest absolute Gasteiger partial charge is 0.171 e. The summed E-state index contributed by atoms with van der Waals surface area (Å²) in [4.78, 5) is 0. The molecule has 0 aliphatic heterocycles. The summed E-state index contributed by atoms with van der Waals surface area (Å²) < 4.78 is 14.8. The van der Waals surface area contributed by atoms with E-state index in [1.165, 1.54) is 49.7 Å². The number of benzene rings is 7. The Kier molecular flexibility index (Phi) is 6.71.